The number of ketones is 1. The fourth-order valence-corrected chi connectivity index (χ4v) is 4.52. The molecule has 1 aromatic rings. The second kappa shape index (κ2) is 9.20. The van der Waals surface area contributed by atoms with E-state index in [1.807, 2.05) is 37.3 Å². The Morgan fingerprint density at radius 1 is 1.21 bits per heavy atom. The summed E-state index contributed by atoms with van der Waals surface area (Å²) in [5, 5.41) is 2.89. The van der Waals surface area contributed by atoms with Crippen LogP contribution >= 0.6 is 0 Å². The van der Waals surface area contributed by atoms with Crippen molar-refractivity contribution in [2.24, 2.45) is 17.6 Å². The molecular weight excluding hydrogens is 370 g/mol. The summed E-state index contributed by atoms with van der Waals surface area (Å²) in [5.74, 6) is -1.36. The minimum absolute atomic E-state index is 0.0140. The number of benzene rings is 1. The molecule has 3 N–H and O–H groups in total. The number of hydrogen-bond donors (Lipinski definition) is 2. The van der Waals surface area contributed by atoms with Crippen molar-refractivity contribution in [1.29, 1.82) is 0 Å². The summed E-state index contributed by atoms with van der Waals surface area (Å²) in [6.07, 6.45) is 2.97. The van der Waals surface area contributed by atoms with Crippen molar-refractivity contribution in [1.82, 2.24) is 10.2 Å². The Hall–Kier alpha value is -2.70. The van der Waals surface area contributed by atoms with Crippen LogP contribution in [-0.2, 0) is 25.6 Å². The van der Waals surface area contributed by atoms with Gasteiger partial charge in [-0.2, -0.15) is 0 Å². The summed E-state index contributed by atoms with van der Waals surface area (Å²) >= 11 is 0. The number of Topliss-reactive ketones (excluding diaryl/α,β-unsaturated/α-hetero) is 1. The molecule has 1 aliphatic heterocycles. The van der Waals surface area contributed by atoms with E-state index in [0.717, 1.165) is 12.0 Å². The summed E-state index contributed by atoms with van der Waals surface area (Å²) in [7, 11) is 0. The van der Waals surface area contributed by atoms with Crippen LogP contribution in [0.25, 0.3) is 0 Å². The molecule has 2 fully saturated rings. The van der Waals surface area contributed by atoms with E-state index in [-0.39, 0.29) is 29.9 Å². The second-order valence-electron chi connectivity index (χ2n) is 8.06. The lowest BCUT2D eigenvalue weighted by Gasteiger charge is -2.29. The van der Waals surface area contributed by atoms with E-state index in [1.165, 1.54) is 4.90 Å². The van der Waals surface area contributed by atoms with Crippen LogP contribution in [0.3, 0.4) is 0 Å². The van der Waals surface area contributed by atoms with E-state index < -0.39 is 23.9 Å². The standard InChI is InChI=1S/C22H29N3O4/c1-2-15-12-16(26)13-17(15)21(28)24-18(11-14-7-4-3-5-8-14)22(29)25-10-6-9-19(25)20(23)27/h3-5,7-8,15,17-19H,2,6,9-13H2,1H3,(H2,23,27)(H,24,28)/t15-,17+,18+,19+/m1/s1. The topological polar surface area (TPSA) is 110 Å². The Bertz CT molecular complexity index is 780. The molecule has 29 heavy (non-hydrogen) atoms. The average Bonchev–Trinajstić information content (AvgIpc) is 3.34. The molecule has 156 valence electrons. The van der Waals surface area contributed by atoms with Crippen LogP contribution in [0.1, 0.15) is 44.6 Å². The highest BCUT2D eigenvalue weighted by molar-refractivity contribution is 5.95. The lowest BCUT2D eigenvalue weighted by atomic mass is 9.92. The minimum atomic E-state index is -0.793. The molecule has 1 heterocycles. The fourth-order valence-electron chi connectivity index (χ4n) is 4.52. The fraction of sp³-hybridized carbons (Fsp3) is 0.545. The van der Waals surface area contributed by atoms with Crippen molar-refractivity contribution in [3.8, 4) is 0 Å². The summed E-state index contributed by atoms with van der Waals surface area (Å²) in [6.45, 7) is 2.42. The first kappa shape index (κ1) is 21.0. The molecule has 4 atom stereocenters. The largest absolute Gasteiger partial charge is 0.368 e. The van der Waals surface area contributed by atoms with Gasteiger partial charge in [0.25, 0.3) is 0 Å². The molecule has 1 saturated carbocycles. The van der Waals surface area contributed by atoms with E-state index in [4.69, 9.17) is 5.73 Å². The number of amides is 3. The first-order valence-corrected chi connectivity index (χ1v) is 10.4. The predicted octanol–water partition coefficient (Wildman–Crippen LogP) is 1.20. The Balaban J connectivity index is 1.79. The zero-order valence-electron chi connectivity index (χ0n) is 16.8. The Morgan fingerprint density at radius 3 is 2.59 bits per heavy atom. The van der Waals surface area contributed by atoms with Gasteiger partial charge in [-0.3, -0.25) is 19.2 Å². The van der Waals surface area contributed by atoms with Crippen molar-refractivity contribution in [2.75, 3.05) is 6.54 Å². The maximum absolute atomic E-state index is 13.3. The molecule has 0 aromatic heterocycles. The number of hydrogen-bond acceptors (Lipinski definition) is 4. The van der Waals surface area contributed by atoms with Gasteiger partial charge in [0.2, 0.25) is 17.7 Å². The second-order valence-corrected chi connectivity index (χ2v) is 8.06. The van der Waals surface area contributed by atoms with Gasteiger partial charge in [-0.1, -0.05) is 43.7 Å². The third-order valence-electron chi connectivity index (χ3n) is 6.13. The lowest BCUT2D eigenvalue weighted by molar-refractivity contribution is -0.141. The third kappa shape index (κ3) is 4.83. The molecule has 1 saturated heterocycles. The molecule has 1 aliphatic carbocycles. The maximum Gasteiger partial charge on any atom is 0.246 e. The van der Waals surface area contributed by atoms with E-state index in [0.29, 0.717) is 32.2 Å². The van der Waals surface area contributed by atoms with E-state index in [2.05, 4.69) is 5.32 Å². The van der Waals surface area contributed by atoms with Crippen LogP contribution < -0.4 is 11.1 Å². The van der Waals surface area contributed by atoms with Gasteiger partial charge in [-0.25, -0.2) is 0 Å². The smallest absolute Gasteiger partial charge is 0.246 e. The predicted molar refractivity (Wildman–Crippen MR) is 108 cm³/mol. The highest BCUT2D eigenvalue weighted by Gasteiger charge is 2.40. The monoisotopic (exact) mass is 399 g/mol. The number of carbonyl (C=O) groups is 4. The molecule has 2 aliphatic rings. The van der Waals surface area contributed by atoms with Crippen LogP contribution in [0.2, 0.25) is 0 Å². The summed E-state index contributed by atoms with van der Waals surface area (Å²) in [5.41, 5.74) is 6.39. The van der Waals surface area contributed by atoms with Crippen molar-refractivity contribution < 1.29 is 19.2 Å². The summed E-state index contributed by atoms with van der Waals surface area (Å²) < 4.78 is 0. The quantitative estimate of drug-likeness (QED) is 0.718. The van der Waals surface area contributed by atoms with Gasteiger partial charge in [0, 0.05) is 31.7 Å². The highest BCUT2D eigenvalue weighted by atomic mass is 16.2. The number of likely N-dealkylation sites (tertiary alicyclic amines) is 1. The number of primary amides is 1. The molecule has 7 heteroatoms. The van der Waals surface area contributed by atoms with E-state index in [9.17, 15) is 19.2 Å². The van der Waals surface area contributed by atoms with Gasteiger partial charge in [0.05, 0.1) is 0 Å². The van der Waals surface area contributed by atoms with Gasteiger partial charge >= 0.3 is 0 Å². The zero-order valence-corrected chi connectivity index (χ0v) is 16.8. The van der Waals surface area contributed by atoms with Gasteiger partial charge in [0.1, 0.15) is 17.9 Å². The van der Waals surface area contributed by atoms with Gasteiger partial charge in [0.15, 0.2) is 0 Å². The van der Waals surface area contributed by atoms with Crippen LogP contribution in [-0.4, -0.2) is 47.0 Å². The van der Waals surface area contributed by atoms with Crippen LogP contribution in [0, 0.1) is 11.8 Å². The molecule has 3 rings (SSSR count). The van der Waals surface area contributed by atoms with Gasteiger partial charge in [-0.15, -0.1) is 0 Å². The third-order valence-corrected chi connectivity index (χ3v) is 6.13. The number of rotatable bonds is 7. The molecule has 0 bridgehead atoms. The van der Waals surface area contributed by atoms with E-state index >= 15 is 0 Å². The molecule has 7 nitrogen and oxygen atoms in total. The van der Waals surface area contributed by atoms with E-state index in [1.54, 1.807) is 0 Å². The lowest BCUT2D eigenvalue weighted by Crippen LogP contribution is -2.54. The molecule has 1 aromatic carbocycles. The van der Waals surface area contributed by atoms with Crippen molar-refractivity contribution in [3.63, 3.8) is 0 Å². The average molecular weight is 399 g/mol. The van der Waals surface area contributed by atoms with Gasteiger partial charge < -0.3 is 16.0 Å². The summed E-state index contributed by atoms with van der Waals surface area (Å²) in [6, 6.07) is 8.02. The van der Waals surface area contributed by atoms with Crippen molar-refractivity contribution >= 4 is 23.5 Å². The minimum Gasteiger partial charge on any atom is -0.368 e. The molecule has 0 spiro atoms. The Morgan fingerprint density at radius 2 is 1.93 bits per heavy atom. The number of nitrogens with two attached hydrogens (primary N) is 1. The molecule has 0 unspecified atom stereocenters. The number of nitrogens with one attached hydrogen (secondary N) is 1. The van der Waals surface area contributed by atoms with Crippen LogP contribution in [0.4, 0.5) is 0 Å². The first-order chi connectivity index (χ1) is 13.9. The maximum atomic E-state index is 13.3. The first-order valence-electron chi connectivity index (χ1n) is 10.4. The SMILES string of the molecule is CC[C@@H]1CC(=O)C[C@@H]1C(=O)N[C@@H](Cc1ccccc1)C(=O)N1CCC[C@H]1C(N)=O. The molecular formula is C22H29N3O4. The summed E-state index contributed by atoms with van der Waals surface area (Å²) in [4.78, 5) is 51.3. The normalized spacial score (nSPS) is 25.1. The molecule has 0 radical (unpaired) electrons. The van der Waals surface area contributed by atoms with Gasteiger partial charge in [-0.05, 0) is 24.3 Å². The van der Waals surface area contributed by atoms with Crippen LogP contribution in [0.5, 0.6) is 0 Å². The number of carbonyl (C=O) groups excluding carboxylic acids is 4. The Labute approximate surface area is 171 Å². The van der Waals surface area contributed by atoms with Crippen molar-refractivity contribution in [3.05, 3.63) is 35.9 Å². The molecule has 3 amide bonds. The van der Waals surface area contributed by atoms with Crippen LogP contribution in [0.15, 0.2) is 30.3 Å². The zero-order chi connectivity index (χ0) is 21.0. The number of nitrogens with zero attached hydrogens (tertiary/aromatic N) is 1. The Kier molecular flexibility index (Phi) is 6.67. The van der Waals surface area contributed by atoms with Crippen molar-refractivity contribution in [2.45, 2.75) is 57.5 Å². The highest BCUT2D eigenvalue weighted by Crippen LogP contribution is 2.32.